The molecule has 1 fully saturated rings. The largest absolute Gasteiger partial charge is 0.494 e. The third-order valence-electron chi connectivity index (χ3n) is 3.82. The number of nitrogens with zero attached hydrogens (tertiary/aromatic N) is 1. The molecule has 1 aliphatic heterocycles. The zero-order chi connectivity index (χ0) is 15.2. The third kappa shape index (κ3) is 3.88. The zero-order valence-corrected chi connectivity index (χ0v) is 12.5. The molecule has 0 saturated carbocycles. The van der Waals surface area contributed by atoms with Gasteiger partial charge in [-0.1, -0.05) is 0 Å². The van der Waals surface area contributed by atoms with Crippen LogP contribution in [0, 0.1) is 0 Å². The van der Waals surface area contributed by atoms with E-state index in [0.29, 0.717) is 23.6 Å². The lowest BCUT2D eigenvalue weighted by atomic mass is 10.1. The van der Waals surface area contributed by atoms with Gasteiger partial charge in [0.05, 0.1) is 6.61 Å². The van der Waals surface area contributed by atoms with Gasteiger partial charge < -0.3 is 20.5 Å². The Balaban J connectivity index is 2.14. The lowest BCUT2D eigenvalue weighted by Gasteiger charge is -2.25. The minimum absolute atomic E-state index is 0.00342. The summed E-state index contributed by atoms with van der Waals surface area (Å²) in [6, 6.07) is 5.41. The number of aliphatic hydroxyl groups excluding tert-OH is 1. The maximum absolute atomic E-state index is 12.7. The Morgan fingerprint density at radius 1 is 1.48 bits per heavy atom. The Labute approximate surface area is 125 Å². The number of nitrogens with two attached hydrogens (primary N) is 1. The fourth-order valence-corrected chi connectivity index (χ4v) is 2.89. The van der Waals surface area contributed by atoms with Crippen LogP contribution in [0.1, 0.15) is 43.0 Å². The van der Waals surface area contributed by atoms with Crippen molar-refractivity contribution in [3.8, 4) is 5.75 Å². The van der Waals surface area contributed by atoms with E-state index in [4.69, 9.17) is 15.6 Å². The summed E-state index contributed by atoms with van der Waals surface area (Å²) >= 11 is 0. The second-order valence-corrected chi connectivity index (χ2v) is 5.38. The number of ether oxygens (including phenoxy) is 1. The molecule has 1 unspecified atom stereocenters. The van der Waals surface area contributed by atoms with Gasteiger partial charge in [-0.05, 0) is 44.7 Å². The number of aliphatic hydroxyl groups is 1. The zero-order valence-electron chi connectivity index (χ0n) is 12.5. The Bertz CT molecular complexity index is 490. The Hall–Kier alpha value is -1.75. The molecule has 2 rings (SSSR count). The van der Waals surface area contributed by atoms with Crippen molar-refractivity contribution in [3.63, 3.8) is 0 Å². The average molecular weight is 292 g/mol. The summed E-state index contributed by atoms with van der Waals surface area (Å²) in [6.45, 7) is 3.38. The van der Waals surface area contributed by atoms with Gasteiger partial charge in [0.25, 0.3) is 5.91 Å². The van der Waals surface area contributed by atoms with E-state index in [9.17, 15) is 4.79 Å². The fraction of sp³-hybridized carbons (Fsp3) is 0.562. The van der Waals surface area contributed by atoms with Crippen LogP contribution < -0.4 is 10.5 Å². The summed E-state index contributed by atoms with van der Waals surface area (Å²) in [6.07, 6.45) is 3.60. The number of anilines is 1. The minimum Gasteiger partial charge on any atom is -0.494 e. The molecule has 5 nitrogen and oxygen atoms in total. The van der Waals surface area contributed by atoms with Crippen molar-refractivity contribution in [2.24, 2.45) is 0 Å². The molecule has 1 aliphatic rings. The van der Waals surface area contributed by atoms with Crippen LogP contribution in [-0.4, -0.2) is 41.7 Å². The number of benzene rings is 1. The topological polar surface area (TPSA) is 75.8 Å². The van der Waals surface area contributed by atoms with E-state index in [-0.39, 0.29) is 18.6 Å². The average Bonchev–Trinajstić information content (AvgIpc) is 2.92. The number of carbonyl (C=O) groups is 1. The molecule has 1 aromatic carbocycles. The van der Waals surface area contributed by atoms with Crippen LogP contribution >= 0.6 is 0 Å². The number of hydrogen-bond acceptors (Lipinski definition) is 4. The van der Waals surface area contributed by atoms with Gasteiger partial charge >= 0.3 is 0 Å². The van der Waals surface area contributed by atoms with Gasteiger partial charge in [0, 0.05) is 36.5 Å². The molecule has 5 heteroatoms. The number of likely N-dealkylation sites (tertiary alicyclic amines) is 1. The van der Waals surface area contributed by atoms with Crippen LogP contribution in [0.3, 0.4) is 0 Å². The molecular formula is C16H24N2O3. The summed E-state index contributed by atoms with van der Waals surface area (Å²) in [5.41, 5.74) is 6.97. The lowest BCUT2D eigenvalue weighted by molar-refractivity contribution is 0.0724. The van der Waals surface area contributed by atoms with E-state index in [2.05, 4.69) is 0 Å². The number of amides is 1. The number of hydrogen-bond donors (Lipinski definition) is 2. The molecule has 1 heterocycles. The second kappa shape index (κ2) is 7.31. The van der Waals surface area contributed by atoms with Gasteiger partial charge in [-0.3, -0.25) is 4.79 Å². The van der Waals surface area contributed by atoms with Crippen molar-refractivity contribution in [2.45, 2.75) is 38.6 Å². The number of carbonyl (C=O) groups excluding carboxylic acids is 1. The highest BCUT2D eigenvalue weighted by Gasteiger charge is 2.29. The van der Waals surface area contributed by atoms with Crippen molar-refractivity contribution >= 4 is 11.6 Å². The Kier molecular flexibility index (Phi) is 5.44. The third-order valence-corrected chi connectivity index (χ3v) is 3.82. The van der Waals surface area contributed by atoms with Crippen LogP contribution in [0.4, 0.5) is 5.69 Å². The molecule has 1 aromatic rings. The SMILES string of the molecule is CCOc1cc(N)cc(C(=O)N2CCCC2CCCO)c1. The van der Waals surface area contributed by atoms with Gasteiger partial charge in [-0.15, -0.1) is 0 Å². The highest BCUT2D eigenvalue weighted by atomic mass is 16.5. The number of nitrogen functional groups attached to an aromatic ring is 1. The maximum atomic E-state index is 12.7. The summed E-state index contributed by atoms with van der Waals surface area (Å²) in [5, 5.41) is 8.96. The van der Waals surface area contributed by atoms with Gasteiger partial charge in [0.1, 0.15) is 5.75 Å². The lowest BCUT2D eigenvalue weighted by Crippen LogP contribution is -2.35. The summed E-state index contributed by atoms with van der Waals surface area (Å²) in [5.74, 6) is 0.635. The van der Waals surface area contributed by atoms with Crippen LogP contribution in [-0.2, 0) is 0 Å². The van der Waals surface area contributed by atoms with E-state index < -0.39 is 0 Å². The summed E-state index contributed by atoms with van der Waals surface area (Å²) in [7, 11) is 0. The fourth-order valence-electron chi connectivity index (χ4n) is 2.89. The first-order chi connectivity index (χ1) is 10.2. The molecule has 0 aliphatic carbocycles. The second-order valence-electron chi connectivity index (χ2n) is 5.38. The van der Waals surface area contributed by atoms with Crippen LogP contribution in [0.2, 0.25) is 0 Å². The molecule has 0 spiro atoms. The van der Waals surface area contributed by atoms with Crippen LogP contribution in [0.5, 0.6) is 5.75 Å². The van der Waals surface area contributed by atoms with Crippen molar-refractivity contribution in [3.05, 3.63) is 23.8 Å². The van der Waals surface area contributed by atoms with Crippen LogP contribution in [0.25, 0.3) is 0 Å². The molecular weight excluding hydrogens is 268 g/mol. The number of rotatable bonds is 6. The first-order valence-corrected chi connectivity index (χ1v) is 7.61. The van der Waals surface area contributed by atoms with Crippen molar-refractivity contribution in [1.29, 1.82) is 0 Å². The smallest absolute Gasteiger partial charge is 0.254 e. The molecule has 1 amide bonds. The molecule has 3 N–H and O–H groups in total. The van der Waals surface area contributed by atoms with E-state index in [0.717, 1.165) is 32.2 Å². The van der Waals surface area contributed by atoms with Gasteiger partial charge in [0.2, 0.25) is 0 Å². The predicted molar refractivity (Wildman–Crippen MR) is 82.4 cm³/mol. The van der Waals surface area contributed by atoms with Gasteiger partial charge in [-0.2, -0.15) is 0 Å². The highest BCUT2D eigenvalue weighted by molar-refractivity contribution is 5.96. The predicted octanol–water partition coefficient (Wildman–Crippen LogP) is 2.04. The first kappa shape index (κ1) is 15.6. The van der Waals surface area contributed by atoms with E-state index >= 15 is 0 Å². The quantitative estimate of drug-likeness (QED) is 0.787. The van der Waals surface area contributed by atoms with Crippen molar-refractivity contribution < 1.29 is 14.6 Å². The maximum Gasteiger partial charge on any atom is 0.254 e. The van der Waals surface area contributed by atoms with Crippen molar-refractivity contribution in [2.75, 3.05) is 25.5 Å². The molecule has 1 saturated heterocycles. The van der Waals surface area contributed by atoms with Gasteiger partial charge in [-0.25, -0.2) is 0 Å². The molecule has 116 valence electrons. The van der Waals surface area contributed by atoms with Crippen LogP contribution in [0.15, 0.2) is 18.2 Å². The minimum atomic E-state index is 0.00342. The first-order valence-electron chi connectivity index (χ1n) is 7.61. The normalized spacial score (nSPS) is 18.0. The summed E-state index contributed by atoms with van der Waals surface area (Å²) in [4.78, 5) is 14.6. The van der Waals surface area contributed by atoms with E-state index in [1.807, 2.05) is 11.8 Å². The Morgan fingerprint density at radius 3 is 3.00 bits per heavy atom. The Morgan fingerprint density at radius 2 is 2.29 bits per heavy atom. The molecule has 0 bridgehead atoms. The van der Waals surface area contributed by atoms with E-state index in [1.165, 1.54) is 0 Å². The van der Waals surface area contributed by atoms with E-state index in [1.54, 1.807) is 18.2 Å². The highest BCUT2D eigenvalue weighted by Crippen LogP contribution is 2.26. The molecule has 21 heavy (non-hydrogen) atoms. The molecule has 1 atom stereocenters. The molecule has 0 aromatic heterocycles. The van der Waals surface area contributed by atoms with Crippen molar-refractivity contribution in [1.82, 2.24) is 4.90 Å². The molecule has 0 radical (unpaired) electrons. The summed E-state index contributed by atoms with van der Waals surface area (Å²) < 4.78 is 5.45. The standard InChI is InChI=1S/C16H24N2O3/c1-2-21-15-10-12(9-13(17)11-15)16(20)18-7-3-5-14(18)6-4-8-19/h9-11,14,19H,2-8,17H2,1H3. The van der Waals surface area contributed by atoms with Gasteiger partial charge in [0.15, 0.2) is 0 Å². The monoisotopic (exact) mass is 292 g/mol.